The summed E-state index contributed by atoms with van der Waals surface area (Å²) in [6.07, 6.45) is 1.59. The van der Waals surface area contributed by atoms with Crippen LogP contribution in [0.2, 0.25) is 0 Å². The Balaban J connectivity index is 2.09. The molecule has 0 saturated carbocycles. The van der Waals surface area contributed by atoms with E-state index in [1.807, 2.05) is 0 Å². The van der Waals surface area contributed by atoms with Crippen LogP contribution in [0.25, 0.3) is 0 Å². The highest BCUT2D eigenvalue weighted by molar-refractivity contribution is 5.94. The molecule has 0 aliphatic carbocycles. The fourth-order valence-corrected chi connectivity index (χ4v) is 3.58. The second-order valence-electron chi connectivity index (χ2n) is 7.08. The molecule has 2 rings (SSSR count). The summed E-state index contributed by atoms with van der Waals surface area (Å²) in [7, 11) is 0. The van der Waals surface area contributed by atoms with E-state index in [9.17, 15) is 24.3 Å². The Kier molecular flexibility index (Phi) is 7.28. The SMILES string of the molecule is C[C@@H](O)[C@H](N)C(=O)N1CCC[C@H]1C(=O)N1CCC[C@H]1C(=O)N[C@H](C=O)CO. The van der Waals surface area contributed by atoms with Crippen molar-refractivity contribution in [2.75, 3.05) is 19.7 Å². The molecule has 2 saturated heterocycles. The molecule has 10 heteroatoms. The van der Waals surface area contributed by atoms with Gasteiger partial charge < -0.3 is 35.9 Å². The number of likely N-dealkylation sites (tertiary alicyclic amines) is 2. The van der Waals surface area contributed by atoms with Gasteiger partial charge in [0.25, 0.3) is 0 Å². The number of hydrogen-bond donors (Lipinski definition) is 4. The lowest BCUT2D eigenvalue weighted by Gasteiger charge is -2.32. The molecule has 10 nitrogen and oxygen atoms in total. The van der Waals surface area contributed by atoms with E-state index in [4.69, 9.17) is 10.8 Å². The quantitative estimate of drug-likeness (QED) is 0.350. The average Bonchev–Trinajstić information content (AvgIpc) is 3.33. The summed E-state index contributed by atoms with van der Waals surface area (Å²) in [4.78, 5) is 51.5. The van der Waals surface area contributed by atoms with Crippen molar-refractivity contribution < 1.29 is 29.4 Å². The van der Waals surface area contributed by atoms with Gasteiger partial charge in [-0.05, 0) is 32.6 Å². The molecular weight excluding hydrogens is 356 g/mol. The van der Waals surface area contributed by atoms with Crippen LogP contribution in [0.4, 0.5) is 0 Å². The minimum absolute atomic E-state index is 0.331. The van der Waals surface area contributed by atoms with Crippen LogP contribution in [0.1, 0.15) is 32.6 Å². The van der Waals surface area contributed by atoms with Crippen LogP contribution >= 0.6 is 0 Å². The maximum Gasteiger partial charge on any atom is 0.246 e. The van der Waals surface area contributed by atoms with Crippen molar-refractivity contribution in [2.45, 2.75) is 62.9 Å². The fraction of sp³-hybridized carbons (Fsp3) is 0.765. The summed E-state index contributed by atoms with van der Waals surface area (Å²) < 4.78 is 0. The summed E-state index contributed by atoms with van der Waals surface area (Å²) in [5, 5.41) is 21.0. The summed E-state index contributed by atoms with van der Waals surface area (Å²) >= 11 is 0. The van der Waals surface area contributed by atoms with Crippen LogP contribution in [-0.4, -0.2) is 94.0 Å². The molecule has 0 aromatic carbocycles. The zero-order valence-corrected chi connectivity index (χ0v) is 15.4. The highest BCUT2D eigenvalue weighted by atomic mass is 16.3. The van der Waals surface area contributed by atoms with Crippen LogP contribution in [-0.2, 0) is 19.2 Å². The number of hydrogen-bond acceptors (Lipinski definition) is 7. The standard InChI is InChI=1S/C17H28N4O6/c1-10(24)14(18)17(27)21-7-3-5-13(21)16(26)20-6-2-4-12(20)15(25)19-11(8-22)9-23/h8,10-14,23-24H,2-7,9,18H2,1H3,(H,19,25)/t10-,11-,12+,13+,14+/m1/s1. The van der Waals surface area contributed by atoms with Gasteiger partial charge in [-0.25, -0.2) is 0 Å². The third kappa shape index (κ3) is 4.63. The molecule has 2 aliphatic rings. The van der Waals surface area contributed by atoms with Crippen molar-refractivity contribution in [1.29, 1.82) is 0 Å². The Morgan fingerprint density at radius 3 is 2.33 bits per heavy atom. The molecule has 152 valence electrons. The van der Waals surface area contributed by atoms with Crippen LogP contribution in [0.15, 0.2) is 0 Å². The topological polar surface area (TPSA) is 153 Å². The molecule has 2 heterocycles. The summed E-state index contributed by atoms with van der Waals surface area (Å²) in [5.41, 5.74) is 5.73. The van der Waals surface area contributed by atoms with Crippen molar-refractivity contribution in [3.8, 4) is 0 Å². The number of nitrogens with zero attached hydrogens (tertiary/aromatic N) is 2. The van der Waals surface area contributed by atoms with Gasteiger partial charge >= 0.3 is 0 Å². The van der Waals surface area contributed by atoms with Crippen molar-refractivity contribution >= 4 is 24.0 Å². The summed E-state index contributed by atoms with van der Waals surface area (Å²) in [6, 6.07) is -3.57. The molecule has 0 radical (unpaired) electrons. The predicted molar refractivity (Wildman–Crippen MR) is 94.2 cm³/mol. The molecular formula is C17H28N4O6. The Hall–Kier alpha value is -2.04. The van der Waals surface area contributed by atoms with E-state index in [-0.39, 0.29) is 5.91 Å². The van der Waals surface area contributed by atoms with E-state index >= 15 is 0 Å². The summed E-state index contributed by atoms with van der Waals surface area (Å²) in [5.74, 6) is -1.31. The molecule has 0 aromatic rings. The molecule has 0 unspecified atom stereocenters. The van der Waals surface area contributed by atoms with Gasteiger partial charge in [0.15, 0.2) is 0 Å². The number of nitrogens with one attached hydrogen (secondary N) is 1. The average molecular weight is 384 g/mol. The Morgan fingerprint density at radius 2 is 1.78 bits per heavy atom. The lowest BCUT2D eigenvalue weighted by atomic mass is 10.1. The normalized spacial score (nSPS) is 25.8. The van der Waals surface area contributed by atoms with Gasteiger partial charge in [0.2, 0.25) is 17.7 Å². The highest BCUT2D eigenvalue weighted by Gasteiger charge is 2.43. The number of rotatable bonds is 7. The number of nitrogens with two attached hydrogens (primary N) is 1. The van der Waals surface area contributed by atoms with E-state index in [0.29, 0.717) is 45.1 Å². The minimum Gasteiger partial charge on any atom is -0.394 e. The first-order valence-electron chi connectivity index (χ1n) is 9.23. The van der Waals surface area contributed by atoms with Gasteiger partial charge in [-0.15, -0.1) is 0 Å². The first kappa shape index (κ1) is 21.3. The van der Waals surface area contributed by atoms with Crippen LogP contribution < -0.4 is 11.1 Å². The van der Waals surface area contributed by atoms with Gasteiger partial charge in [-0.2, -0.15) is 0 Å². The molecule has 0 aromatic heterocycles. The van der Waals surface area contributed by atoms with E-state index in [0.717, 1.165) is 0 Å². The number of carbonyl (C=O) groups is 4. The van der Waals surface area contributed by atoms with Crippen molar-refractivity contribution in [3.05, 3.63) is 0 Å². The van der Waals surface area contributed by atoms with Gasteiger partial charge in [0, 0.05) is 13.1 Å². The van der Waals surface area contributed by atoms with Crippen LogP contribution in [0.5, 0.6) is 0 Å². The third-order valence-electron chi connectivity index (χ3n) is 5.15. The third-order valence-corrected chi connectivity index (χ3v) is 5.15. The van der Waals surface area contributed by atoms with Crippen molar-refractivity contribution in [1.82, 2.24) is 15.1 Å². The second kappa shape index (κ2) is 9.25. The molecule has 2 fully saturated rings. The Labute approximate surface area is 157 Å². The largest absolute Gasteiger partial charge is 0.394 e. The smallest absolute Gasteiger partial charge is 0.246 e. The Morgan fingerprint density at radius 1 is 1.19 bits per heavy atom. The molecule has 5 atom stereocenters. The first-order valence-corrected chi connectivity index (χ1v) is 9.23. The fourth-order valence-electron chi connectivity index (χ4n) is 3.58. The van der Waals surface area contributed by atoms with E-state index in [1.54, 1.807) is 0 Å². The van der Waals surface area contributed by atoms with Crippen molar-refractivity contribution in [3.63, 3.8) is 0 Å². The molecule has 27 heavy (non-hydrogen) atoms. The number of aldehydes is 1. The monoisotopic (exact) mass is 384 g/mol. The van der Waals surface area contributed by atoms with E-state index in [1.165, 1.54) is 16.7 Å². The lowest BCUT2D eigenvalue weighted by molar-refractivity contribution is -0.148. The molecule has 3 amide bonds. The van der Waals surface area contributed by atoms with Gasteiger partial charge in [-0.1, -0.05) is 0 Å². The first-order chi connectivity index (χ1) is 12.8. The lowest BCUT2D eigenvalue weighted by Crippen LogP contribution is -2.57. The molecule has 2 aliphatic heterocycles. The Bertz CT molecular complexity index is 584. The van der Waals surface area contributed by atoms with Gasteiger partial charge in [0.05, 0.1) is 12.7 Å². The number of aliphatic hydroxyl groups is 2. The van der Waals surface area contributed by atoms with E-state index < -0.39 is 48.7 Å². The number of aliphatic hydroxyl groups excluding tert-OH is 2. The summed E-state index contributed by atoms with van der Waals surface area (Å²) in [6.45, 7) is 1.65. The van der Waals surface area contributed by atoms with Crippen LogP contribution in [0, 0.1) is 0 Å². The predicted octanol–water partition coefficient (Wildman–Crippen LogP) is -2.65. The maximum absolute atomic E-state index is 13.0. The minimum atomic E-state index is -1.10. The second-order valence-corrected chi connectivity index (χ2v) is 7.08. The van der Waals surface area contributed by atoms with Gasteiger partial charge in [0.1, 0.15) is 30.5 Å². The molecule has 0 spiro atoms. The van der Waals surface area contributed by atoms with Gasteiger partial charge in [-0.3, -0.25) is 14.4 Å². The number of carbonyl (C=O) groups excluding carboxylic acids is 4. The zero-order valence-electron chi connectivity index (χ0n) is 15.4. The van der Waals surface area contributed by atoms with Crippen LogP contribution in [0.3, 0.4) is 0 Å². The van der Waals surface area contributed by atoms with Crippen molar-refractivity contribution in [2.24, 2.45) is 5.73 Å². The zero-order chi connectivity index (χ0) is 20.1. The maximum atomic E-state index is 13.0. The molecule has 0 bridgehead atoms. The molecule has 5 N–H and O–H groups in total. The highest BCUT2D eigenvalue weighted by Crippen LogP contribution is 2.25. The van der Waals surface area contributed by atoms with E-state index in [2.05, 4.69) is 5.32 Å². The number of amides is 3.